The van der Waals surface area contributed by atoms with E-state index in [2.05, 4.69) is 30.9 Å². The Hall–Kier alpha value is -1.40. The number of hydrogen-bond acceptors (Lipinski definition) is 4. The number of hydrogen-bond donors (Lipinski definition) is 1. The van der Waals surface area contributed by atoms with E-state index >= 15 is 0 Å². The van der Waals surface area contributed by atoms with Crippen molar-refractivity contribution in [1.29, 1.82) is 0 Å². The molecule has 2 heterocycles. The molecule has 0 amide bonds. The molecule has 0 bridgehead atoms. The molecule has 0 saturated carbocycles. The standard InChI is InChI=1S/C12H20N4OSi/c1-8-9(6-17-18-12(2,3)4)5-10-11(13)14-7-15-16(8)10/h5,7H,6,18H2,1-4H3,(H2,13,14,15). The van der Waals surface area contributed by atoms with Crippen LogP contribution in [0.2, 0.25) is 5.04 Å². The van der Waals surface area contributed by atoms with Gasteiger partial charge in [0.2, 0.25) is 0 Å². The van der Waals surface area contributed by atoms with E-state index in [-0.39, 0.29) is 0 Å². The van der Waals surface area contributed by atoms with Crippen LogP contribution in [0.4, 0.5) is 5.82 Å². The molecule has 6 heteroatoms. The maximum atomic E-state index is 5.87. The second-order valence-electron chi connectivity index (χ2n) is 5.75. The summed E-state index contributed by atoms with van der Waals surface area (Å²) in [7, 11) is -0.532. The molecule has 0 radical (unpaired) electrons. The summed E-state index contributed by atoms with van der Waals surface area (Å²) < 4.78 is 7.69. The molecule has 0 spiro atoms. The van der Waals surface area contributed by atoms with Gasteiger partial charge in [0.1, 0.15) is 11.8 Å². The highest BCUT2D eigenvalue weighted by atomic mass is 28.2. The van der Waals surface area contributed by atoms with Crippen LogP contribution in [0.3, 0.4) is 0 Å². The second-order valence-corrected chi connectivity index (χ2v) is 8.57. The Morgan fingerprint density at radius 1 is 1.44 bits per heavy atom. The highest BCUT2D eigenvalue weighted by Gasteiger charge is 2.14. The zero-order chi connectivity index (χ0) is 13.3. The van der Waals surface area contributed by atoms with E-state index in [9.17, 15) is 0 Å². The topological polar surface area (TPSA) is 65.4 Å². The molecule has 0 aliphatic rings. The predicted molar refractivity (Wildman–Crippen MR) is 75.2 cm³/mol. The third kappa shape index (κ3) is 2.70. The van der Waals surface area contributed by atoms with Crippen LogP contribution in [0.25, 0.3) is 5.52 Å². The summed E-state index contributed by atoms with van der Waals surface area (Å²) in [4.78, 5) is 4.00. The summed E-state index contributed by atoms with van der Waals surface area (Å²) in [5.74, 6) is 0.507. The molecule has 0 saturated heterocycles. The van der Waals surface area contributed by atoms with E-state index in [4.69, 9.17) is 10.2 Å². The predicted octanol–water partition coefficient (Wildman–Crippen LogP) is 1.44. The number of nitrogen functional groups attached to an aromatic ring is 1. The summed E-state index contributed by atoms with van der Waals surface area (Å²) in [5, 5.41) is 4.51. The summed E-state index contributed by atoms with van der Waals surface area (Å²) >= 11 is 0. The number of fused-ring (bicyclic) bond motifs is 1. The molecule has 0 unspecified atom stereocenters. The van der Waals surface area contributed by atoms with Gasteiger partial charge in [-0.25, -0.2) is 9.50 Å². The van der Waals surface area contributed by atoms with Crippen molar-refractivity contribution in [1.82, 2.24) is 14.6 Å². The molecule has 0 aliphatic heterocycles. The van der Waals surface area contributed by atoms with Gasteiger partial charge < -0.3 is 10.2 Å². The van der Waals surface area contributed by atoms with Crippen LogP contribution in [-0.4, -0.2) is 24.4 Å². The molecule has 0 aromatic carbocycles. The Balaban J connectivity index is 2.19. The van der Waals surface area contributed by atoms with Crippen molar-refractivity contribution in [3.63, 3.8) is 0 Å². The molecule has 0 fully saturated rings. The van der Waals surface area contributed by atoms with Crippen molar-refractivity contribution in [2.45, 2.75) is 39.3 Å². The molecular formula is C12H20N4OSi. The minimum atomic E-state index is -0.532. The van der Waals surface area contributed by atoms with Crippen molar-refractivity contribution in [2.75, 3.05) is 5.73 Å². The van der Waals surface area contributed by atoms with Crippen LogP contribution < -0.4 is 5.73 Å². The molecule has 18 heavy (non-hydrogen) atoms. The lowest BCUT2D eigenvalue weighted by Gasteiger charge is -2.16. The minimum absolute atomic E-state index is 0.311. The van der Waals surface area contributed by atoms with Gasteiger partial charge in [0.05, 0.1) is 6.61 Å². The smallest absolute Gasteiger partial charge is 0.167 e. The summed E-state index contributed by atoms with van der Waals surface area (Å²) in [5.41, 5.74) is 8.89. The highest BCUT2D eigenvalue weighted by Crippen LogP contribution is 2.22. The number of anilines is 1. The van der Waals surface area contributed by atoms with Gasteiger partial charge in [-0.3, -0.25) is 0 Å². The fraction of sp³-hybridized carbons (Fsp3) is 0.500. The monoisotopic (exact) mass is 264 g/mol. The average Bonchev–Trinajstić information content (AvgIpc) is 2.57. The second kappa shape index (κ2) is 4.70. The van der Waals surface area contributed by atoms with Gasteiger partial charge in [-0.05, 0) is 23.6 Å². The van der Waals surface area contributed by atoms with Crippen LogP contribution in [0.15, 0.2) is 12.4 Å². The average molecular weight is 264 g/mol. The van der Waals surface area contributed by atoms with Gasteiger partial charge in [-0.15, -0.1) is 0 Å². The first-order valence-electron chi connectivity index (χ1n) is 6.04. The molecular weight excluding hydrogens is 244 g/mol. The molecule has 2 aromatic heterocycles. The zero-order valence-corrected chi connectivity index (χ0v) is 12.8. The Morgan fingerprint density at radius 3 is 2.78 bits per heavy atom. The lowest BCUT2D eigenvalue weighted by Crippen LogP contribution is -2.12. The first kappa shape index (κ1) is 13.0. The van der Waals surface area contributed by atoms with E-state index in [1.165, 1.54) is 6.33 Å². The molecule has 2 N–H and O–H groups in total. The van der Waals surface area contributed by atoms with Crippen molar-refractivity contribution in [3.05, 3.63) is 23.7 Å². The Bertz CT molecular complexity index is 559. The lowest BCUT2D eigenvalue weighted by molar-refractivity contribution is 0.308. The maximum absolute atomic E-state index is 5.87. The third-order valence-corrected chi connectivity index (χ3v) is 4.01. The summed E-state index contributed by atoms with van der Waals surface area (Å²) in [6.07, 6.45) is 1.48. The fourth-order valence-corrected chi connectivity index (χ4v) is 2.73. The fourth-order valence-electron chi connectivity index (χ4n) is 1.80. The Morgan fingerprint density at radius 2 is 2.17 bits per heavy atom. The van der Waals surface area contributed by atoms with Crippen molar-refractivity contribution in [2.24, 2.45) is 0 Å². The minimum Gasteiger partial charge on any atom is -0.419 e. The first-order valence-corrected chi connectivity index (χ1v) is 7.32. The third-order valence-electron chi connectivity index (χ3n) is 2.74. The quantitative estimate of drug-likeness (QED) is 0.852. The lowest BCUT2D eigenvalue weighted by atomic mass is 10.3. The maximum Gasteiger partial charge on any atom is 0.167 e. The number of nitrogens with two attached hydrogens (primary N) is 1. The highest BCUT2D eigenvalue weighted by molar-refractivity contribution is 6.31. The number of aryl methyl sites for hydroxylation is 1. The van der Waals surface area contributed by atoms with Crippen molar-refractivity contribution >= 4 is 21.1 Å². The molecule has 2 rings (SSSR count). The van der Waals surface area contributed by atoms with Gasteiger partial charge in [-0.2, -0.15) is 5.10 Å². The van der Waals surface area contributed by atoms with E-state index in [1.54, 1.807) is 0 Å². The van der Waals surface area contributed by atoms with E-state index in [0.29, 0.717) is 17.5 Å². The van der Waals surface area contributed by atoms with Crippen LogP contribution in [0.1, 0.15) is 32.0 Å². The normalized spacial score (nSPS) is 12.9. The van der Waals surface area contributed by atoms with E-state index in [0.717, 1.165) is 16.8 Å². The first-order chi connectivity index (χ1) is 8.38. The zero-order valence-electron chi connectivity index (χ0n) is 11.4. The number of nitrogens with zero attached hydrogens (tertiary/aromatic N) is 3. The van der Waals surface area contributed by atoms with Gasteiger partial charge in [0, 0.05) is 5.69 Å². The van der Waals surface area contributed by atoms with Gasteiger partial charge in [0.15, 0.2) is 15.6 Å². The van der Waals surface area contributed by atoms with Gasteiger partial charge in [0.25, 0.3) is 0 Å². The molecule has 98 valence electrons. The van der Waals surface area contributed by atoms with Crippen LogP contribution in [0, 0.1) is 6.92 Å². The molecule has 0 atom stereocenters. The SMILES string of the molecule is Cc1c(CO[SiH2]C(C)(C)C)cc2c(N)ncnn12. The van der Waals surface area contributed by atoms with Crippen LogP contribution >= 0.6 is 0 Å². The molecule has 2 aromatic rings. The largest absolute Gasteiger partial charge is 0.419 e. The summed E-state index contributed by atoms with van der Waals surface area (Å²) in [6.45, 7) is 9.30. The van der Waals surface area contributed by atoms with E-state index in [1.807, 2.05) is 17.5 Å². The molecule has 0 aliphatic carbocycles. The van der Waals surface area contributed by atoms with E-state index < -0.39 is 9.76 Å². The van der Waals surface area contributed by atoms with Gasteiger partial charge >= 0.3 is 0 Å². The van der Waals surface area contributed by atoms with Gasteiger partial charge in [-0.1, -0.05) is 20.8 Å². The van der Waals surface area contributed by atoms with Crippen molar-refractivity contribution in [3.8, 4) is 0 Å². The van der Waals surface area contributed by atoms with Crippen LogP contribution in [0.5, 0.6) is 0 Å². The van der Waals surface area contributed by atoms with Crippen LogP contribution in [-0.2, 0) is 11.0 Å². The van der Waals surface area contributed by atoms with Crippen molar-refractivity contribution < 1.29 is 4.43 Å². The summed E-state index contributed by atoms with van der Waals surface area (Å²) in [6, 6.07) is 2.02. The molecule has 5 nitrogen and oxygen atoms in total. The number of aromatic nitrogens is 3. The number of rotatable bonds is 3. The Kier molecular flexibility index (Phi) is 3.40. The Labute approximate surface area is 109 Å².